The second-order valence-corrected chi connectivity index (χ2v) is 6.66. The Bertz CT molecular complexity index is 1050. The Kier molecular flexibility index (Phi) is 6.04. The van der Waals surface area contributed by atoms with E-state index in [9.17, 15) is 22.4 Å². The molecule has 0 spiro atoms. The van der Waals surface area contributed by atoms with Crippen molar-refractivity contribution < 1.29 is 26.9 Å². The number of carbonyl (C=O) groups is 1. The van der Waals surface area contributed by atoms with Crippen molar-refractivity contribution >= 4 is 11.6 Å². The molecule has 3 aromatic rings. The van der Waals surface area contributed by atoms with Crippen LogP contribution in [-0.2, 0) is 6.54 Å². The molecule has 2 N–H and O–H groups in total. The number of rotatable bonds is 6. The molecule has 0 unspecified atom stereocenters. The zero-order chi connectivity index (χ0) is 21.9. The molecule has 0 aliphatic heterocycles. The fourth-order valence-electron chi connectivity index (χ4n) is 2.59. The molecule has 3 rings (SSSR count). The summed E-state index contributed by atoms with van der Waals surface area (Å²) in [4.78, 5) is 16.2. The lowest BCUT2D eigenvalue weighted by molar-refractivity contribution is -0.123. The highest BCUT2D eigenvalue weighted by Gasteiger charge is 2.28. The lowest BCUT2D eigenvalue weighted by atomic mass is 10.1. The SMILES string of the molecule is Cc1ccc(-c2noc(CNc3cc(C(=O)NCC(F)(F)F)cc(F)c3C)n2)cc1. The molecule has 0 radical (unpaired) electrons. The van der Waals surface area contributed by atoms with Gasteiger partial charge in [-0.1, -0.05) is 35.0 Å². The van der Waals surface area contributed by atoms with Crippen molar-refractivity contribution in [3.8, 4) is 11.4 Å². The van der Waals surface area contributed by atoms with E-state index in [0.717, 1.165) is 17.2 Å². The number of aromatic nitrogens is 2. The Morgan fingerprint density at radius 1 is 1.13 bits per heavy atom. The van der Waals surface area contributed by atoms with E-state index >= 15 is 0 Å². The lowest BCUT2D eigenvalue weighted by Crippen LogP contribution is -2.33. The standard InChI is InChI=1S/C20H18F4N4O2/c1-11-3-5-13(6-4-11)18-27-17(30-28-18)9-25-16-8-14(7-15(21)12(16)2)19(29)26-10-20(22,23)24/h3-8,25H,9-10H2,1-2H3,(H,26,29). The summed E-state index contributed by atoms with van der Waals surface area (Å²) < 4.78 is 56.2. The molecule has 1 heterocycles. The van der Waals surface area contributed by atoms with Crippen molar-refractivity contribution in [3.63, 3.8) is 0 Å². The number of nitrogens with one attached hydrogen (secondary N) is 2. The van der Waals surface area contributed by atoms with Gasteiger partial charge in [-0.05, 0) is 26.0 Å². The molecule has 2 aromatic carbocycles. The predicted octanol–water partition coefficient (Wildman–Crippen LogP) is 4.40. The van der Waals surface area contributed by atoms with E-state index in [1.807, 2.05) is 31.2 Å². The normalized spacial score (nSPS) is 11.4. The number of carbonyl (C=O) groups excluding carboxylic acids is 1. The van der Waals surface area contributed by atoms with E-state index in [2.05, 4.69) is 15.5 Å². The molecule has 0 aliphatic rings. The molecule has 10 heteroatoms. The van der Waals surface area contributed by atoms with Gasteiger partial charge in [0.15, 0.2) is 0 Å². The van der Waals surface area contributed by atoms with Gasteiger partial charge in [0.25, 0.3) is 5.91 Å². The van der Waals surface area contributed by atoms with Gasteiger partial charge in [0, 0.05) is 22.4 Å². The monoisotopic (exact) mass is 422 g/mol. The maximum Gasteiger partial charge on any atom is 0.405 e. The van der Waals surface area contributed by atoms with Crippen LogP contribution in [0.15, 0.2) is 40.9 Å². The molecule has 1 amide bonds. The van der Waals surface area contributed by atoms with Gasteiger partial charge in [-0.2, -0.15) is 18.2 Å². The van der Waals surface area contributed by atoms with Crippen LogP contribution in [0.4, 0.5) is 23.2 Å². The number of nitrogens with zero attached hydrogens (tertiary/aromatic N) is 2. The number of hydrogen-bond acceptors (Lipinski definition) is 5. The third kappa shape index (κ3) is 5.34. The quantitative estimate of drug-likeness (QED) is 0.576. The van der Waals surface area contributed by atoms with Gasteiger partial charge in [-0.15, -0.1) is 0 Å². The topological polar surface area (TPSA) is 80.0 Å². The Morgan fingerprint density at radius 3 is 2.50 bits per heavy atom. The van der Waals surface area contributed by atoms with Crippen LogP contribution in [-0.4, -0.2) is 28.8 Å². The molecular formula is C20H18F4N4O2. The fourth-order valence-corrected chi connectivity index (χ4v) is 2.59. The first-order chi connectivity index (χ1) is 14.1. The Hall–Kier alpha value is -3.43. The maximum absolute atomic E-state index is 14.2. The average Bonchev–Trinajstić information content (AvgIpc) is 3.16. The van der Waals surface area contributed by atoms with E-state index in [0.29, 0.717) is 5.82 Å². The maximum atomic E-state index is 14.2. The largest absolute Gasteiger partial charge is 0.405 e. The van der Waals surface area contributed by atoms with E-state index in [4.69, 9.17) is 4.52 Å². The van der Waals surface area contributed by atoms with Crippen LogP contribution in [0.1, 0.15) is 27.4 Å². The van der Waals surface area contributed by atoms with Crippen LogP contribution in [0.5, 0.6) is 0 Å². The highest BCUT2D eigenvalue weighted by Crippen LogP contribution is 2.23. The highest BCUT2D eigenvalue weighted by molar-refractivity contribution is 5.95. The summed E-state index contributed by atoms with van der Waals surface area (Å²) in [6.07, 6.45) is -4.56. The molecule has 30 heavy (non-hydrogen) atoms. The predicted molar refractivity (Wildman–Crippen MR) is 101 cm³/mol. The van der Waals surface area contributed by atoms with Crippen LogP contribution in [0.3, 0.4) is 0 Å². The molecule has 0 fully saturated rings. The number of aryl methyl sites for hydroxylation is 1. The zero-order valence-corrected chi connectivity index (χ0v) is 16.1. The smallest absolute Gasteiger partial charge is 0.376 e. The molecule has 6 nitrogen and oxygen atoms in total. The van der Waals surface area contributed by atoms with Crippen molar-refractivity contribution in [2.75, 3.05) is 11.9 Å². The average molecular weight is 422 g/mol. The van der Waals surface area contributed by atoms with E-state index in [1.165, 1.54) is 13.0 Å². The Labute approximate surface area is 169 Å². The minimum atomic E-state index is -4.56. The summed E-state index contributed by atoms with van der Waals surface area (Å²) in [5, 5.41) is 8.48. The summed E-state index contributed by atoms with van der Waals surface area (Å²) in [6.45, 7) is 1.95. The minimum Gasteiger partial charge on any atom is -0.376 e. The first-order valence-corrected chi connectivity index (χ1v) is 8.91. The van der Waals surface area contributed by atoms with E-state index in [-0.39, 0.29) is 29.2 Å². The first kappa shape index (κ1) is 21.3. The molecule has 0 saturated heterocycles. The van der Waals surface area contributed by atoms with Crippen LogP contribution in [0.2, 0.25) is 0 Å². The Balaban J connectivity index is 1.71. The van der Waals surface area contributed by atoms with Gasteiger partial charge in [-0.3, -0.25) is 4.79 Å². The van der Waals surface area contributed by atoms with Gasteiger partial charge < -0.3 is 15.2 Å². The molecule has 158 valence electrons. The number of anilines is 1. The van der Waals surface area contributed by atoms with E-state index in [1.54, 1.807) is 5.32 Å². The van der Waals surface area contributed by atoms with Crippen LogP contribution in [0.25, 0.3) is 11.4 Å². The number of halogens is 4. The van der Waals surface area contributed by atoms with Gasteiger partial charge in [-0.25, -0.2) is 4.39 Å². The molecule has 0 aliphatic carbocycles. The third-order valence-corrected chi connectivity index (χ3v) is 4.26. The highest BCUT2D eigenvalue weighted by atomic mass is 19.4. The van der Waals surface area contributed by atoms with Crippen molar-refractivity contribution in [2.45, 2.75) is 26.6 Å². The molecule has 0 saturated carbocycles. The van der Waals surface area contributed by atoms with E-state index < -0.39 is 24.4 Å². The number of alkyl halides is 3. The fraction of sp³-hybridized carbons (Fsp3) is 0.250. The summed E-state index contributed by atoms with van der Waals surface area (Å²) in [7, 11) is 0. The van der Waals surface area contributed by atoms with Gasteiger partial charge in [0.05, 0.1) is 6.54 Å². The number of amides is 1. The number of benzene rings is 2. The molecule has 1 aromatic heterocycles. The second kappa shape index (κ2) is 8.52. The zero-order valence-electron chi connectivity index (χ0n) is 16.1. The summed E-state index contributed by atoms with van der Waals surface area (Å²) >= 11 is 0. The van der Waals surface area contributed by atoms with Crippen LogP contribution >= 0.6 is 0 Å². The van der Waals surface area contributed by atoms with Crippen molar-refractivity contribution in [3.05, 3.63) is 64.8 Å². The third-order valence-electron chi connectivity index (χ3n) is 4.26. The molecule has 0 bridgehead atoms. The molecular weight excluding hydrogens is 404 g/mol. The van der Waals surface area contributed by atoms with Crippen LogP contribution in [0, 0.1) is 19.7 Å². The number of hydrogen-bond donors (Lipinski definition) is 2. The minimum absolute atomic E-state index is 0.0345. The van der Waals surface area contributed by atoms with Crippen molar-refractivity contribution in [1.82, 2.24) is 15.5 Å². The molecule has 0 atom stereocenters. The van der Waals surface area contributed by atoms with Gasteiger partial charge in [0.2, 0.25) is 11.7 Å². The summed E-state index contributed by atoms with van der Waals surface area (Å²) in [5.74, 6) is -1.16. The summed E-state index contributed by atoms with van der Waals surface area (Å²) in [6, 6.07) is 9.66. The lowest BCUT2D eigenvalue weighted by Gasteiger charge is -2.12. The van der Waals surface area contributed by atoms with Crippen molar-refractivity contribution in [2.24, 2.45) is 0 Å². The summed E-state index contributed by atoms with van der Waals surface area (Å²) in [5.41, 5.74) is 2.03. The van der Waals surface area contributed by atoms with Gasteiger partial charge >= 0.3 is 6.18 Å². The van der Waals surface area contributed by atoms with Gasteiger partial charge in [0.1, 0.15) is 12.4 Å². The Morgan fingerprint density at radius 2 is 1.83 bits per heavy atom. The second-order valence-electron chi connectivity index (χ2n) is 6.66. The van der Waals surface area contributed by atoms with Crippen LogP contribution < -0.4 is 10.6 Å². The first-order valence-electron chi connectivity index (χ1n) is 8.91. The van der Waals surface area contributed by atoms with Crippen molar-refractivity contribution in [1.29, 1.82) is 0 Å².